The maximum Gasteiger partial charge on any atom is 0.335 e. The summed E-state index contributed by atoms with van der Waals surface area (Å²) in [6, 6.07) is 5.00. The van der Waals surface area contributed by atoms with Gasteiger partial charge in [-0.05, 0) is 30.0 Å². The van der Waals surface area contributed by atoms with Gasteiger partial charge >= 0.3 is 11.9 Å². The van der Waals surface area contributed by atoms with E-state index in [4.69, 9.17) is 9.84 Å². The number of alkyl halides is 3. The van der Waals surface area contributed by atoms with Crippen molar-refractivity contribution in [3.63, 3.8) is 0 Å². The second-order valence-corrected chi connectivity index (χ2v) is 6.70. The third-order valence-corrected chi connectivity index (χ3v) is 3.84. The number of carbonyl (C=O) groups is 1. The van der Waals surface area contributed by atoms with Crippen molar-refractivity contribution in [2.75, 3.05) is 0 Å². The van der Waals surface area contributed by atoms with Gasteiger partial charge in [0, 0.05) is 5.56 Å². The summed E-state index contributed by atoms with van der Waals surface area (Å²) in [4.78, 5) is 11.3. The Bertz CT molecular complexity index is 658. The number of halogens is 3. The molecule has 2 rings (SSSR count). The van der Waals surface area contributed by atoms with Crippen LogP contribution in [-0.4, -0.2) is 29.3 Å². The van der Waals surface area contributed by atoms with Gasteiger partial charge in [0.05, 0.1) is 5.57 Å². The van der Waals surface area contributed by atoms with Crippen LogP contribution in [0.3, 0.4) is 0 Å². The number of rotatable bonds is 3. The Hall–Kier alpha value is -1.98. The first-order valence-corrected chi connectivity index (χ1v) is 7.22. The van der Waals surface area contributed by atoms with E-state index in [-0.39, 0.29) is 11.2 Å². The first-order chi connectivity index (χ1) is 10.4. The molecule has 0 radical (unpaired) electrons. The number of aliphatic carboxylic acids is 1. The summed E-state index contributed by atoms with van der Waals surface area (Å²) in [5.41, 5.74) is 0.337. The highest BCUT2D eigenvalue weighted by Crippen LogP contribution is 2.40. The lowest BCUT2D eigenvalue weighted by atomic mass is 9.85. The van der Waals surface area contributed by atoms with Crippen LogP contribution in [0.5, 0.6) is 5.75 Å². The number of carboxylic acid groups (broad SMARTS) is 1. The number of carboxylic acids is 1. The molecule has 0 aromatic heterocycles. The molecule has 0 spiro atoms. The van der Waals surface area contributed by atoms with E-state index in [1.54, 1.807) is 18.2 Å². The molecule has 1 aliphatic rings. The fraction of sp³-hybridized carbons (Fsp3) is 0.471. The maximum absolute atomic E-state index is 14.1. The number of benzene rings is 1. The Kier molecular flexibility index (Phi) is 4.22. The summed E-state index contributed by atoms with van der Waals surface area (Å²) in [6.07, 6.45) is -3.58. The van der Waals surface area contributed by atoms with Gasteiger partial charge in [0.15, 0.2) is 12.3 Å². The molecule has 0 bridgehead atoms. The minimum atomic E-state index is -3.94. The number of hydrogen-bond acceptors (Lipinski definition) is 2. The monoisotopic (exact) mass is 328 g/mol. The van der Waals surface area contributed by atoms with E-state index in [9.17, 15) is 18.0 Å². The van der Waals surface area contributed by atoms with Gasteiger partial charge in [0.25, 0.3) is 0 Å². The Morgan fingerprint density at radius 2 is 1.91 bits per heavy atom. The molecule has 3 nitrogen and oxygen atoms in total. The number of hydrogen-bond donors (Lipinski definition) is 1. The molecular weight excluding hydrogens is 309 g/mol. The van der Waals surface area contributed by atoms with Crippen LogP contribution in [0.25, 0.3) is 6.08 Å². The van der Waals surface area contributed by atoms with Crippen LogP contribution in [0.15, 0.2) is 23.8 Å². The topological polar surface area (TPSA) is 46.5 Å². The molecule has 0 amide bonds. The van der Waals surface area contributed by atoms with Gasteiger partial charge in [-0.3, -0.25) is 0 Å². The Balaban J connectivity index is 2.55. The Labute approximate surface area is 132 Å². The highest BCUT2D eigenvalue weighted by atomic mass is 19.3. The van der Waals surface area contributed by atoms with Gasteiger partial charge < -0.3 is 9.84 Å². The minimum Gasteiger partial charge on any atom is -0.478 e. The summed E-state index contributed by atoms with van der Waals surface area (Å²) in [6.45, 7) is 6.54. The molecule has 1 aliphatic heterocycles. The maximum atomic E-state index is 14.1. The van der Waals surface area contributed by atoms with Gasteiger partial charge in [-0.25, -0.2) is 9.18 Å². The molecule has 0 saturated heterocycles. The molecule has 2 atom stereocenters. The van der Waals surface area contributed by atoms with Gasteiger partial charge in [-0.1, -0.05) is 32.9 Å². The molecule has 1 aromatic carbocycles. The van der Waals surface area contributed by atoms with Crippen LogP contribution in [0.2, 0.25) is 0 Å². The molecule has 2 unspecified atom stereocenters. The molecule has 0 fully saturated rings. The SMILES string of the molecule is CC(F)C(F)(F)C1Oc2cc(C(C)(C)C)ccc2C=C1C(=O)O. The normalized spacial score (nSPS) is 19.4. The van der Waals surface area contributed by atoms with E-state index >= 15 is 0 Å². The Morgan fingerprint density at radius 3 is 2.39 bits per heavy atom. The van der Waals surface area contributed by atoms with Crippen molar-refractivity contribution in [1.29, 1.82) is 0 Å². The third kappa shape index (κ3) is 3.21. The zero-order valence-electron chi connectivity index (χ0n) is 13.4. The van der Waals surface area contributed by atoms with E-state index < -0.39 is 29.7 Å². The summed E-state index contributed by atoms with van der Waals surface area (Å²) in [5.74, 6) is -5.37. The lowest BCUT2D eigenvalue weighted by Crippen LogP contribution is -2.48. The molecule has 6 heteroatoms. The number of ether oxygens (including phenoxy) is 1. The van der Waals surface area contributed by atoms with E-state index in [1.807, 2.05) is 20.8 Å². The van der Waals surface area contributed by atoms with Crippen LogP contribution in [0.1, 0.15) is 38.8 Å². The molecule has 126 valence electrons. The fourth-order valence-electron chi connectivity index (χ4n) is 2.32. The zero-order chi connectivity index (χ0) is 17.6. The molecule has 0 aliphatic carbocycles. The average molecular weight is 328 g/mol. The van der Waals surface area contributed by atoms with E-state index in [0.717, 1.165) is 11.6 Å². The minimum absolute atomic E-state index is 0.132. The van der Waals surface area contributed by atoms with E-state index in [2.05, 4.69) is 0 Å². The first-order valence-electron chi connectivity index (χ1n) is 7.22. The molecule has 1 aromatic rings. The predicted octanol–water partition coefficient (Wildman–Crippen LogP) is 4.21. The smallest absolute Gasteiger partial charge is 0.335 e. The molecular formula is C17H19F3O3. The summed E-state index contributed by atoms with van der Waals surface area (Å²) in [7, 11) is 0. The van der Waals surface area contributed by atoms with Crippen LogP contribution in [0, 0.1) is 0 Å². The highest BCUT2D eigenvalue weighted by molar-refractivity contribution is 5.95. The first kappa shape index (κ1) is 17.4. The van der Waals surface area contributed by atoms with Gasteiger partial charge in [0.2, 0.25) is 0 Å². The summed E-state index contributed by atoms with van der Waals surface area (Å²) < 4.78 is 46.7. The summed E-state index contributed by atoms with van der Waals surface area (Å²) >= 11 is 0. The largest absolute Gasteiger partial charge is 0.478 e. The second-order valence-electron chi connectivity index (χ2n) is 6.70. The summed E-state index contributed by atoms with van der Waals surface area (Å²) in [5, 5.41) is 9.16. The standard InChI is InChI=1S/C17H19F3O3/c1-9(18)17(19,20)14-12(15(21)22)7-10-5-6-11(16(2,3)4)8-13(10)23-14/h5-9,14H,1-4H3,(H,21,22). The van der Waals surface area contributed by atoms with Crippen molar-refractivity contribution in [3.8, 4) is 5.75 Å². The van der Waals surface area contributed by atoms with Crippen LogP contribution in [-0.2, 0) is 10.2 Å². The molecule has 0 saturated carbocycles. The highest BCUT2D eigenvalue weighted by Gasteiger charge is 2.52. The van der Waals surface area contributed by atoms with E-state index in [0.29, 0.717) is 12.5 Å². The van der Waals surface area contributed by atoms with Crippen molar-refractivity contribution in [2.24, 2.45) is 0 Å². The van der Waals surface area contributed by atoms with Gasteiger partial charge in [-0.2, -0.15) is 8.78 Å². The molecule has 1 N–H and O–H groups in total. The zero-order valence-corrected chi connectivity index (χ0v) is 13.4. The van der Waals surface area contributed by atoms with Crippen molar-refractivity contribution in [1.82, 2.24) is 0 Å². The quantitative estimate of drug-likeness (QED) is 0.904. The fourth-order valence-corrected chi connectivity index (χ4v) is 2.32. The Morgan fingerprint density at radius 1 is 1.30 bits per heavy atom. The van der Waals surface area contributed by atoms with Crippen molar-refractivity contribution in [2.45, 2.75) is 51.3 Å². The van der Waals surface area contributed by atoms with Crippen molar-refractivity contribution < 1.29 is 27.8 Å². The molecule has 23 heavy (non-hydrogen) atoms. The lowest BCUT2D eigenvalue weighted by Gasteiger charge is -2.33. The van der Waals surface area contributed by atoms with Crippen LogP contribution < -0.4 is 4.74 Å². The van der Waals surface area contributed by atoms with E-state index in [1.165, 1.54) is 0 Å². The third-order valence-electron chi connectivity index (χ3n) is 3.84. The van der Waals surface area contributed by atoms with Crippen molar-refractivity contribution >= 4 is 12.0 Å². The second kappa shape index (κ2) is 5.58. The van der Waals surface area contributed by atoms with Crippen LogP contribution in [0.4, 0.5) is 13.2 Å². The van der Waals surface area contributed by atoms with Crippen molar-refractivity contribution in [3.05, 3.63) is 34.9 Å². The average Bonchev–Trinajstić information content (AvgIpc) is 2.43. The molecule has 1 heterocycles. The number of fused-ring (bicyclic) bond motifs is 1. The van der Waals surface area contributed by atoms with Crippen LogP contribution >= 0.6 is 0 Å². The lowest BCUT2D eigenvalue weighted by molar-refractivity contribution is -0.146. The predicted molar refractivity (Wildman–Crippen MR) is 80.7 cm³/mol. The van der Waals surface area contributed by atoms with Gasteiger partial charge in [0.1, 0.15) is 5.75 Å². The van der Waals surface area contributed by atoms with Gasteiger partial charge in [-0.15, -0.1) is 0 Å².